The number of ether oxygens (including phenoxy) is 2. The van der Waals surface area contributed by atoms with Gasteiger partial charge in [0.1, 0.15) is 11.6 Å². The number of methoxy groups -OCH3 is 1. The number of carbonyl (C=O) groups is 1. The average molecular weight is 411 g/mol. The van der Waals surface area contributed by atoms with Gasteiger partial charge in [0, 0.05) is 49.4 Å². The van der Waals surface area contributed by atoms with Crippen molar-refractivity contribution < 1.29 is 23.0 Å². The highest BCUT2D eigenvalue weighted by molar-refractivity contribution is 6.30. The summed E-state index contributed by atoms with van der Waals surface area (Å²) in [5.74, 6) is -1.11. The lowest BCUT2D eigenvalue weighted by molar-refractivity contribution is -0.135. The van der Waals surface area contributed by atoms with E-state index in [0.717, 1.165) is 23.4 Å². The summed E-state index contributed by atoms with van der Waals surface area (Å²) >= 11 is 6.07. The second-order valence-corrected chi connectivity index (χ2v) is 6.91. The van der Waals surface area contributed by atoms with Crippen molar-refractivity contribution in [3.05, 3.63) is 58.6 Å². The minimum Gasteiger partial charge on any atom is -0.496 e. The fourth-order valence-corrected chi connectivity index (χ4v) is 3.28. The number of amides is 1. The summed E-state index contributed by atoms with van der Waals surface area (Å²) in [5, 5.41) is 0.648. The number of rotatable bonds is 6. The van der Waals surface area contributed by atoms with E-state index in [1.165, 1.54) is 6.07 Å². The van der Waals surface area contributed by atoms with Crippen LogP contribution in [-0.4, -0.2) is 55.6 Å². The highest BCUT2D eigenvalue weighted by Crippen LogP contribution is 2.24. The van der Waals surface area contributed by atoms with Gasteiger partial charge in [-0.15, -0.1) is 0 Å². The third-order valence-electron chi connectivity index (χ3n) is 4.61. The van der Waals surface area contributed by atoms with Gasteiger partial charge in [-0.2, -0.15) is 0 Å². The number of benzene rings is 2. The van der Waals surface area contributed by atoms with E-state index >= 15 is 0 Å². The topological polar surface area (TPSA) is 42.0 Å². The van der Waals surface area contributed by atoms with Crippen LogP contribution in [0.1, 0.15) is 5.56 Å². The van der Waals surface area contributed by atoms with Crippen molar-refractivity contribution in [2.75, 3.05) is 39.9 Å². The molecule has 0 bridgehead atoms. The Kier molecular flexibility index (Phi) is 6.70. The SMILES string of the molecule is COc1ccc(Cl)cc1CN1CCN(C(=O)COc2ccc(F)cc2F)CC1. The molecule has 0 spiro atoms. The summed E-state index contributed by atoms with van der Waals surface area (Å²) in [6.45, 7) is 2.83. The number of carbonyl (C=O) groups excluding carboxylic acids is 1. The lowest BCUT2D eigenvalue weighted by Crippen LogP contribution is -2.49. The maximum absolute atomic E-state index is 13.6. The molecule has 1 heterocycles. The van der Waals surface area contributed by atoms with Crippen molar-refractivity contribution in [2.24, 2.45) is 0 Å². The Bertz CT molecular complexity index is 842. The van der Waals surface area contributed by atoms with Gasteiger partial charge in [-0.05, 0) is 30.3 Å². The molecular weight excluding hydrogens is 390 g/mol. The molecule has 0 aromatic heterocycles. The average Bonchev–Trinajstić information content (AvgIpc) is 2.68. The van der Waals surface area contributed by atoms with Crippen LogP contribution < -0.4 is 9.47 Å². The summed E-state index contributed by atoms with van der Waals surface area (Å²) in [6.07, 6.45) is 0. The molecule has 1 fully saturated rings. The van der Waals surface area contributed by atoms with Crippen LogP contribution >= 0.6 is 11.6 Å². The molecule has 1 amide bonds. The Balaban J connectivity index is 1.49. The van der Waals surface area contributed by atoms with Crippen molar-refractivity contribution >= 4 is 17.5 Å². The Hall–Kier alpha value is -2.38. The summed E-state index contributed by atoms with van der Waals surface area (Å²) in [5.41, 5.74) is 0.991. The van der Waals surface area contributed by atoms with Crippen molar-refractivity contribution in [2.45, 2.75) is 6.54 Å². The predicted molar refractivity (Wildman–Crippen MR) is 102 cm³/mol. The normalized spacial score (nSPS) is 14.8. The van der Waals surface area contributed by atoms with Crippen molar-refractivity contribution in [3.63, 3.8) is 0 Å². The lowest BCUT2D eigenvalue weighted by atomic mass is 10.1. The number of halogens is 3. The van der Waals surface area contributed by atoms with Crippen LogP contribution in [0.15, 0.2) is 36.4 Å². The highest BCUT2D eigenvalue weighted by atomic mass is 35.5. The molecule has 28 heavy (non-hydrogen) atoms. The molecule has 1 aliphatic heterocycles. The fraction of sp³-hybridized carbons (Fsp3) is 0.350. The van der Waals surface area contributed by atoms with E-state index in [4.69, 9.17) is 21.1 Å². The second-order valence-electron chi connectivity index (χ2n) is 6.48. The first kappa shape index (κ1) is 20.4. The van der Waals surface area contributed by atoms with Gasteiger partial charge >= 0.3 is 0 Å². The van der Waals surface area contributed by atoms with E-state index in [0.29, 0.717) is 37.7 Å². The zero-order valence-corrected chi connectivity index (χ0v) is 16.2. The number of piperazine rings is 1. The van der Waals surface area contributed by atoms with Gasteiger partial charge in [0.25, 0.3) is 5.91 Å². The maximum Gasteiger partial charge on any atom is 0.260 e. The largest absolute Gasteiger partial charge is 0.496 e. The van der Waals surface area contributed by atoms with Gasteiger partial charge in [0.2, 0.25) is 0 Å². The molecule has 0 radical (unpaired) electrons. The van der Waals surface area contributed by atoms with E-state index in [-0.39, 0.29) is 18.3 Å². The molecule has 0 aliphatic carbocycles. The fourth-order valence-electron chi connectivity index (χ4n) is 3.09. The Morgan fingerprint density at radius 1 is 1.07 bits per heavy atom. The first-order valence-electron chi connectivity index (χ1n) is 8.86. The maximum atomic E-state index is 13.6. The monoisotopic (exact) mass is 410 g/mol. The molecule has 0 N–H and O–H groups in total. The summed E-state index contributed by atoms with van der Waals surface area (Å²) in [4.78, 5) is 16.2. The minimum absolute atomic E-state index is 0.138. The number of hydrogen-bond donors (Lipinski definition) is 0. The van der Waals surface area contributed by atoms with Crippen LogP contribution in [0, 0.1) is 11.6 Å². The predicted octanol–water partition coefficient (Wildman–Crippen LogP) is 3.35. The van der Waals surface area contributed by atoms with Crippen LogP contribution in [0.2, 0.25) is 5.02 Å². The molecule has 0 unspecified atom stereocenters. The lowest BCUT2D eigenvalue weighted by Gasteiger charge is -2.34. The van der Waals surface area contributed by atoms with E-state index in [9.17, 15) is 13.6 Å². The quantitative estimate of drug-likeness (QED) is 0.732. The second kappa shape index (κ2) is 9.21. The number of hydrogen-bond acceptors (Lipinski definition) is 4. The summed E-state index contributed by atoms with van der Waals surface area (Å²) in [7, 11) is 1.62. The molecule has 3 rings (SSSR count). The third kappa shape index (κ3) is 5.11. The molecule has 0 atom stereocenters. The Labute approximate surface area is 167 Å². The van der Waals surface area contributed by atoms with E-state index < -0.39 is 11.6 Å². The zero-order chi connectivity index (χ0) is 20.1. The first-order chi connectivity index (χ1) is 13.5. The van der Waals surface area contributed by atoms with E-state index in [1.54, 1.807) is 18.1 Å². The molecular formula is C20H21ClF2N2O3. The van der Waals surface area contributed by atoms with Gasteiger partial charge in [0.05, 0.1) is 7.11 Å². The molecule has 1 saturated heterocycles. The first-order valence-corrected chi connectivity index (χ1v) is 9.24. The Morgan fingerprint density at radius 2 is 1.79 bits per heavy atom. The summed E-state index contributed by atoms with van der Waals surface area (Å²) < 4.78 is 37.1. The van der Waals surface area contributed by atoms with Gasteiger partial charge in [-0.3, -0.25) is 9.69 Å². The van der Waals surface area contributed by atoms with E-state index in [2.05, 4.69) is 4.90 Å². The number of nitrogens with zero attached hydrogens (tertiary/aromatic N) is 2. The summed E-state index contributed by atoms with van der Waals surface area (Å²) in [6, 6.07) is 8.49. The van der Waals surface area contributed by atoms with Crippen LogP contribution in [0.4, 0.5) is 8.78 Å². The molecule has 2 aromatic rings. The van der Waals surface area contributed by atoms with Crippen LogP contribution in [0.5, 0.6) is 11.5 Å². The van der Waals surface area contributed by atoms with Gasteiger partial charge in [-0.25, -0.2) is 8.78 Å². The molecule has 5 nitrogen and oxygen atoms in total. The zero-order valence-electron chi connectivity index (χ0n) is 15.5. The molecule has 1 aliphatic rings. The van der Waals surface area contributed by atoms with Crippen LogP contribution in [0.25, 0.3) is 0 Å². The smallest absolute Gasteiger partial charge is 0.260 e. The van der Waals surface area contributed by atoms with Gasteiger partial charge in [-0.1, -0.05) is 11.6 Å². The van der Waals surface area contributed by atoms with Gasteiger partial charge < -0.3 is 14.4 Å². The molecule has 0 saturated carbocycles. The standard InChI is InChI=1S/C20H21ClF2N2O3/c1-27-18-4-2-15(21)10-14(18)12-24-6-8-25(9-7-24)20(26)13-28-19-5-3-16(22)11-17(19)23/h2-5,10-11H,6-9,12-13H2,1H3. The van der Waals surface area contributed by atoms with Crippen molar-refractivity contribution in [1.82, 2.24) is 9.80 Å². The molecule has 150 valence electrons. The molecule has 2 aromatic carbocycles. The van der Waals surface area contributed by atoms with Gasteiger partial charge in [0.15, 0.2) is 18.2 Å². The van der Waals surface area contributed by atoms with E-state index in [1.807, 2.05) is 12.1 Å². The Morgan fingerprint density at radius 3 is 2.46 bits per heavy atom. The van der Waals surface area contributed by atoms with Crippen molar-refractivity contribution in [3.8, 4) is 11.5 Å². The van der Waals surface area contributed by atoms with Crippen molar-refractivity contribution in [1.29, 1.82) is 0 Å². The van der Waals surface area contributed by atoms with Crippen LogP contribution in [-0.2, 0) is 11.3 Å². The molecule has 8 heteroatoms. The minimum atomic E-state index is -0.826. The van der Waals surface area contributed by atoms with Crippen LogP contribution in [0.3, 0.4) is 0 Å². The highest BCUT2D eigenvalue weighted by Gasteiger charge is 2.22. The third-order valence-corrected chi connectivity index (χ3v) is 4.84.